The van der Waals surface area contributed by atoms with Crippen LogP contribution in [0.4, 0.5) is 0 Å². The van der Waals surface area contributed by atoms with Gasteiger partial charge in [0, 0.05) is 44.3 Å². The number of nitrogens with zero attached hydrogens (tertiary/aromatic N) is 2. The molecule has 0 aliphatic carbocycles. The second-order valence-corrected chi connectivity index (χ2v) is 7.20. The first kappa shape index (κ1) is 18.0. The predicted molar refractivity (Wildman–Crippen MR) is 95.8 cm³/mol. The molecule has 128 valence electrons. The Bertz CT molecular complexity index is 507. The van der Waals surface area contributed by atoms with E-state index in [1.807, 2.05) is 31.2 Å². The van der Waals surface area contributed by atoms with E-state index in [9.17, 15) is 4.79 Å². The van der Waals surface area contributed by atoms with E-state index in [1.54, 1.807) is 0 Å². The topological polar surface area (TPSA) is 35.6 Å². The number of aryl methyl sites for hydroxylation is 1. The second-order valence-electron chi connectivity index (χ2n) is 7.20. The molecule has 4 heteroatoms. The molecule has 1 saturated heterocycles. The number of carbonyl (C=O) groups is 1. The minimum Gasteiger partial charge on any atom is -0.350 e. The van der Waals surface area contributed by atoms with E-state index in [0.29, 0.717) is 12.0 Å². The lowest BCUT2D eigenvalue weighted by Gasteiger charge is -2.38. The van der Waals surface area contributed by atoms with Crippen LogP contribution in [-0.2, 0) is 0 Å². The van der Waals surface area contributed by atoms with Crippen molar-refractivity contribution in [2.45, 2.75) is 33.2 Å². The summed E-state index contributed by atoms with van der Waals surface area (Å²) < 4.78 is 0. The summed E-state index contributed by atoms with van der Waals surface area (Å²) in [5, 5.41) is 3.15. The third-order valence-electron chi connectivity index (χ3n) is 4.58. The van der Waals surface area contributed by atoms with Crippen molar-refractivity contribution in [3.05, 3.63) is 35.4 Å². The average molecular weight is 317 g/mol. The van der Waals surface area contributed by atoms with E-state index < -0.39 is 0 Å². The van der Waals surface area contributed by atoms with Crippen molar-refractivity contribution >= 4 is 5.91 Å². The number of hydrogen-bond donors (Lipinski definition) is 1. The van der Waals surface area contributed by atoms with Crippen molar-refractivity contribution in [3.8, 4) is 0 Å². The van der Waals surface area contributed by atoms with E-state index in [1.165, 1.54) is 0 Å². The summed E-state index contributed by atoms with van der Waals surface area (Å²) in [6, 6.07) is 8.22. The summed E-state index contributed by atoms with van der Waals surface area (Å²) in [5.74, 6) is 0.673. The Morgan fingerprint density at radius 1 is 1.22 bits per heavy atom. The predicted octanol–water partition coefficient (Wildman–Crippen LogP) is 2.39. The number of likely N-dealkylation sites (N-methyl/N-ethyl adjacent to an activating group) is 1. The molecule has 0 radical (unpaired) electrons. The number of amides is 1. The van der Waals surface area contributed by atoms with Gasteiger partial charge in [-0.25, -0.2) is 0 Å². The number of rotatable bonds is 6. The largest absolute Gasteiger partial charge is 0.350 e. The van der Waals surface area contributed by atoms with Gasteiger partial charge in [-0.2, -0.15) is 0 Å². The van der Waals surface area contributed by atoms with E-state index in [0.717, 1.165) is 50.3 Å². The van der Waals surface area contributed by atoms with Gasteiger partial charge < -0.3 is 10.2 Å². The van der Waals surface area contributed by atoms with Crippen LogP contribution in [0.5, 0.6) is 0 Å². The molecule has 1 atom stereocenters. The lowest BCUT2D eigenvalue weighted by molar-refractivity contribution is 0.0850. The molecule has 1 N–H and O–H groups in total. The van der Waals surface area contributed by atoms with Crippen LogP contribution in [0.25, 0.3) is 0 Å². The average Bonchev–Trinajstić information content (AvgIpc) is 2.51. The molecule has 1 amide bonds. The van der Waals surface area contributed by atoms with E-state index >= 15 is 0 Å². The van der Waals surface area contributed by atoms with Crippen molar-refractivity contribution in [3.63, 3.8) is 0 Å². The van der Waals surface area contributed by atoms with Gasteiger partial charge in [0.25, 0.3) is 5.91 Å². The summed E-state index contributed by atoms with van der Waals surface area (Å²) in [4.78, 5) is 17.3. The summed E-state index contributed by atoms with van der Waals surface area (Å²) in [7, 11) is 2.17. The molecular weight excluding hydrogens is 286 g/mol. The van der Waals surface area contributed by atoms with Crippen molar-refractivity contribution < 1.29 is 4.79 Å². The third kappa shape index (κ3) is 5.63. The van der Waals surface area contributed by atoms with Crippen molar-refractivity contribution in [2.75, 3.05) is 39.8 Å². The van der Waals surface area contributed by atoms with Gasteiger partial charge in [-0.1, -0.05) is 31.5 Å². The highest BCUT2D eigenvalue weighted by atomic mass is 16.1. The monoisotopic (exact) mass is 317 g/mol. The van der Waals surface area contributed by atoms with Crippen LogP contribution in [0.2, 0.25) is 0 Å². The minimum absolute atomic E-state index is 0.0385. The standard InChI is InChI=1S/C19H31N3O/c1-15(2)12-18(22-10-8-21(4)9-11-22)14-20-19(23)17-7-5-6-16(3)13-17/h5-7,13,15,18H,8-12,14H2,1-4H3,(H,20,23). The Hall–Kier alpha value is -1.39. The van der Waals surface area contributed by atoms with Crippen LogP contribution < -0.4 is 5.32 Å². The van der Waals surface area contributed by atoms with Crippen molar-refractivity contribution in [1.29, 1.82) is 0 Å². The highest BCUT2D eigenvalue weighted by Crippen LogP contribution is 2.14. The molecule has 1 aromatic carbocycles. The second kappa shape index (κ2) is 8.46. The Morgan fingerprint density at radius 2 is 1.91 bits per heavy atom. The smallest absolute Gasteiger partial charge is 0.251 e. The van der Waals surface area contributed by atoms with Gasteiger partial charge in [-0.3, -0.25) is 9.69 Å². The molecule has 1 heterocycles. The molecule has 23 heavy (non-hydrogen) atoms. The molecule has 1 aliphatic rings. The van der Waals surface area contributed by atoms with E-state index in [2.05, 4.69) is 36.0 Å². The molecule has 1 fully saturated rings. The van der Waals surface area contributed by atoms with Gasteiger partial charge >= 0.3 is 0 Å². The Labute approximate surface area is 140 Å². The van der Waals surface area contributed by atoms with Crippen molar-refractivity contribution in [2.24, 2.45) is 5.92 Å². The van der Waals surface area contributed by atoms with Gasteiger partial charge in [0.15, 0.2) is 0 Å². The molecule has 0 saturated carbocycles. The maximum atomic E-state index is 12.4. The molecule has 1 aromatic rings. The maximum absolute atomic E-state index is 12.4. The van der Waals surface area contributed by atoms with Gasteiger partial charge in [-0.15, -0.1) is 0 Å². The molecule has 0 bridgehead atoms. The van der Waals surface area contributed by atoms with Gasteiger partial charge in [0.1, 0.15) is 0 Å². The highest BCUT2D eigenvalue weighted by Gasteiger charge is 2.23. The van der Waals surface area contributed by atoms with Gasteiger partial charge in [0.2, 0.25) is 0 Å². The van der Waals surface area contributed by atoms with Crippen LogP contribution >= 0.6 is 0 Å². The zero-order valence-corrected chi connectivity index (χ0v) is 15.0. The van der Waals surface area contributed by atoms with Crippen LogP contribution in [0.1, 0.15) is 36.2 Å². The molecule has 1 unspecified atom stereocenters. The first-order chi connectivity index (χ1) is 11.0. The zero-order chi connectivity index (χ0) is 16.8. The Kier molecular flexibility index (Phi) is 6.60. The zero-order valence-electron chi connectivity index (χ0n) is 15.0. The lowest BCUT2D eigenvalue weighted by Crippen LogP contribution is -2.52. The van der Waals surface area contributed by atoms with Crippen LogP contribution in [0.3, 0.4) is 0 Å². The van der Waals surface area contributed by atoms with E-state index in [4.69, 9.17) is 0 Å². The molecular formula is C19H31N3O. The SMILES string of the molecule is Cc1cccc(C(=O)NCC(CC(C)C)N2CCN(C)CC2)c1. The lowest BCUT2D eigenvalue weighted by atomic mass is 10.0. The van der Waals surface area contributed by atoms with Crippen LogP contribution in [-0.4, -0.2) is 61.5 Å². The van der Waals surface area contributed by atoms with Gasteiger partial charge in [0.05, 0.1) is 0 Å². The summed E-state index contributed by atoms with van der Waals surface area (Å²) >= 11 is 0. The quantitative estimate of drug-likeness (QED) is 0.875. The fourth-order valence-electron chi connectivity index (χ4n) is 3.19. The first-order valence-corrected chi connectivity index (χ1v) is 8.73. The van der Waals surface area contributed by atoms with Crippen LogP contribution in [0, 0.1) is 12.8 Å². The Balaban J connectivity index is 1.93. The first-order valence-electron chi connectivity index (χ1n) is 8.73. The number of hydrogen-bond acceptors (Lipinski definition) is 3. The fraction of sp³-hybridized carbons (Fsp3) is 0.632. The molecule has 0 spiro atoms. The molecule has 2 rings (SSSR count). The third-order valence-corrected chi connectivity index (χ3v) is 4.58. The number of benzene rings is 1. The number of carbonyl (C=O) groups excluding carboxylic acids is 1. The molecule has 4 nitrogen and oxygen atoms in total. The van der Waals surface area contributed by atoms with Crippen molar-refractivity contribution in [1.82, 2.24) is 15.1 Å². The summed E-state index contributed by atoms with van der Waals surface area (Å²) in [5.41, 5.74) is 1.88. The van der Waals surface area contributed by atoms with E-state index in [-0.39, 0.29) is 5.91 Å². The highest BCUT2D eigenvalue weighted by molar-refractivity contribution is 5.94. The van der Waals surface area contributed by atoms with Crippen LogP contribution in [0.15, 0.2) is 24.3 Å². The van der Waals surface area contributed by atoms with Gasteiger partial charge in [-0.05, 0) is 38.4 Å². The number of piperazine rings is 1. The summed E-state index contributed by atoms with van der Waals surface area (Å²) in [6.45, 7) is 11.7. The molecule has 0 aromatic heterocycles. The normalized spacial score (nSPS) is 18.1. The fourth-order valence-corrected chi connectivity index (χ4v) is 3.19. The maximum Gasteiger partial charge on any atom is 0.251 e. The number of nitrogens with one attached hydrogen (secondary N) is 1. The Morgan fingerprint density at radius 3 is 2.52 bits per heavy atom. The molecule has 1 aliphatic heterocycles. The summed E-state index contributed by atoms with van der Waals surface area (Å²) in [6.07, 6.45) is 1.12. The minimum atomic E-state index is 0.0385.